The second-order valence-corrected chi connectivity index (χ2v) is 10.2. The summed E-state index contributed by atoms with van der Waals surface area (Å²) < 4.78 is 39.0. The third-order valence-electron chi connectivity index (χ3n) is 7.51. The number of nitrogens with two attached hydrogens (primary N) is 1. The van der Waals surface area contributed by atoms with E-state index in [9.17, 15) is 22.8 Å². The van der Waals surface area contributed by atoms with Crippen molar-refractivity contribution in [3.63, 3.8) is 0 Å². The van der Waals surface area contributed by atoms with E-state index in [1.165, 1.54) is 18.2 Å². The lowest BCUT2D eigenvalue weighted by atomic mass is 10.0. The first-order valence-corrected chi connectivity index (χ1v) is 14.0. The molecule has 0 aliphatic carbocycles. The second kappa shape index (κ2) is 13.7. The predicted molar refractivity (Wildman–Crippen MR) is 161 cm³/mol. The highest BCUT2D eigenvalue weighted by atomic mass is 19.4. The molecule has 1 saturated heterocycles. The Morgan fingerprint density at radius 3 is 2.29 bits per heavy atom. The molecule has 1 aliphatic rings. The molecule has 0 radical (unpaired) electrons. The van der Waals surface area contributed by atoms with Gasteiger partial charge in [-0.05, 0) is 73.1 Å². The second-order valence-electron chi connectivity index (χ2n) is 10.2. The number of likely N-dealkylation sites (N-methyl/N-ethyl adjacent to an activating group) is 1. The van der Waals surface area contributed by atoms with Crippen molar-refractivity contribution in [1.29, 1.82) is 0 Å². The van der Waals surface area contributed by atoms with Crippen molar-refractivity contribution in [3.05, 3.63) is 95.6 Å². The van der Waals surface area contributed by atoms with Crippen molar-refractivity contribution in [2.45, 2.75) is 38.5 Å². The first kappa shape index (κ1) is 30.8. The minimum absolute atomic E-state index is 0.294. The minimum atomic E-state index is -4.45. The highest BCUT2D eigenvalue weighted by Crippen LogP contribution is 2.32. The Morgan fingerprint density at radius 2 is 1.67 bits per heavy atom. The van der Waals surface area contributed by atoms with Crippen molar-refractivity contribution in [3.8, 4) is 0 Å². The van der Waals surface area contributed by atoms with Crippen LogP contribution < -0.4 is 16.4 Å². The molecule has 1 fully saturated rings. The lowest BCUT2D eigenvalue weighted by Crippen LogP contribution is -2.40. The van der Waals surface area contributed by atoms with Gasteiger partial charge in [-0.15, -0.1) is 0 Å². The molecule has 222 valence electrons. The van der Waals surface area contributed by atoms with Gasteiger partial charge in [-0.25, -0.2) is 0 Å². The van der Waals surface area contributed by atoms with Crippen LogP contribution in [0.15, 0.2) is 78.9 Å². The Bertz CT molecular complexity index is 1390. The Balaban J connectivity index is 1.51. The van der Waals surface area contributed by atoms with E-state index in [0.29, 0.717) is 36.2 Å². The van der Waals surface area contributed by atoms with Gasteiger partial charge in [-0.2, -0.15) is 13.2 Å². The van der Waals surface area contributed by atoms with E-state index in [0.717, 1.165) is 42.8 Å². The maximum absolute atomic E-state index is 13.6. The number of carbonyl (C=O) groups excluding carboxylic acids is 2. The van der Waals surface area contributed by atoms with Crippen LogP contribution in [0.2, 0.25) is 0 Å². The van der Waals surface area contributed by atoms with Gasteiger partial charge in [-0.1, -0.05) is 50.2 Å². The highest BCUT2D eigenvalue weighted by Gasteiger charge is 2.35. The molecule has 1 aliphatic heterocycles. The van der Waals surface area contributed by atoms with E-state index in [1.807, 2.05) is 24.3 Å². The number of rotatable bonds is 10. The van der Waals surface area contributed by atoms with Gasteiger partial charge in [0.05, 0.1) is 16.9 Å². The van der Waals surface area contributed by atoms with E-state index in [2.05, 4.69) is 34.3 Å². The van der Waals surface area contributed by atoms with Gasteiger partial charge in [-0.3, -0.25) is 19.4 Å². The van der Waals surface area contributed by atoms with Crippen LogP contribution in [0.4, 0.5) is 30.2 Å². The standard InChI is InChI=1S/C32H36F3N5O2/c1-3-39(4-2)26-19-20-40(21-26)30(31(42)37-25-16-14-24(15-17-25)32(33,34)35)23-12-9-22(10-13-23)11-18-29(41)38-28-8-6-5-7-27(28)36/h5-18,26,30H,3-4,19-21,36H2,1-2H3,(H,37,42)(H,38,41). The quantitative estimate of drug-likeness (QED) is 0.201. The Hall–Kier alpha value is -4.15. The van der Waals surface area contributed by atoms with Crippen molar-refractivity contribution in [2.75, 3.05) is 42.5 Å². The SMILES string of the molecule is CCN(CC)C1CCN(C(C(=O)Nc2ccc(C(F)(F)F)cc2)c2ccc(C=CC(=O)Nc3ccccc3N)cc2)C1. The predicted octanol–water partition coefficient (Wildman–Crippen LogP) is 6.04. The molecule has 2 unspecified atom stereocenters. The van der Waals surface area contributed by atoms with E-state index < -0.39 is 17.8 Å². The highest BCUT2D eigenvalue weighted by molar-refractivity contribution is 6.03. The molecule has 3 aromatic carbocycles. The molecule has 4 rings (SSSR count). The third-order valence-corrected chi connectivity index (χ3v) is 7.51. The van der Waals surface area contributed by atoms with Crippen molar-refractivity contribution in [2.24, 2.45) is 0 Å². The number of anilines is 3. The van der Waals surface area contributed by atoms with Gasteiger partial charge in [0.25, 0.3) is 0 Å². The fraction of sp³-hybridized carbons (Fsp3) is 0.312. The Morgan fingerprint density at radius 1 is 1.00 bits per heavy atom. The summed E-state index contributed by atoms with van der Waals surface area (Å²) in [7, 11) is 0. The molecule has 0 bridgehead atoms. The fourth-order valence-corrected chi connectivity index (χ4v) is 5.27. The van der Waals surface area contributed by atoms with Crippen LogP contribution in [0.1, 0.15) is 43.0 Å². The average Bonchev–Trinajstić information content (AvgIpc) is 3.43. The number of alkyl halides is 3. The van der Waals surface area contributed by atoms with Crippen molar-refractivity contribution < 1.29 is 22.8 Å². The molecule has 3 aromatic rings. The van der Waals surface area contributed by atoms with Crippen LogP contribution in [-0.4, -0.2) is 53.8 Å². The zero-order valence-corrected chi connectivity index (χ0v) is 23.7. The monoisotopic (exact) mass is 579 g/mol. The van der Waals surface area contributed by atoms with E-state index in [1.54, 1.807) is 30.3 Å². The number of halogens is 3. The van der Waals surface area contributed by atoms with Crippen molar-refractivity contribution in [1.82, 2.24) is 9.80 Å². The first-order chi connectivity index (χ1) is 20.1. The Kier molecular flexibility index (Phi) is 10.0. The summed E-state index contributed by atoms with van der Waals surface area (Å²) in [6.07, 6.45) is -0.466. The van der Waals surface area contributed by atoms with E-state index in [-0.39, 0.29) is 11.8 Å². The van der Waals surface area contributed by atoms with Crippen LogP contribution in [0.3, 0.4) is 0 Å². The molecule has 0 aromatic heterocycles. The summed E-state index contributed by atoms with van der Waals surface area (Å²) in [4.78, 5) is 30.5. The van der Waals surface area contributed by atoms with Gasteiger partial charge < -0.3 is 16.4 Å². The molecule has 2 atom stereocenters. The summed E-state index contributed by atoms with van der Waals surface area (Å²) in [6.45, 7) is 7.43. The smallest absolute Gasteiger partial charge is 0.397 e. The van der Waals surface area contributed by atoms with Gasteiger partial charge >= 0.3 is 6.18 Å². The summed E-state index contributed by atoms with van der Waals surface area (Å²) in [5.41, 5.74) is 7.91. The number of carbonyl (C=O) groups is 2. The number of nitrogens with zero attached hydrogens (tertiary/aromatic N) is 2. The van der Waals surface area contributed by atoms with Crippen LogP contribution >= 0.6 is 0 Å². The number of hydrogen-bond donors (Lipinski definition) is 3. The number of nitrogens with one attached hydrogen (secondary N) is 2. The summed E-state index contributed by atoms with van der Waals surface area (Å²) in [5.74, 6) is -0.650. The number of hydrogen-bond acceptors (Lipinski definition) is 5. The molecule has 4 N–H and O–H groups in total. The molecule has 2 amide bonds. The molecule has 1 heterocycles. The number of nitrogen functional groups attached to an aromatic ring is 1. The average molecular weight is 580 g/mol. The van der Waals surface area contributed by atoms with Gasteiger partial charge in [0, 0.05) is 30.9 Å². The zero-order valence-electron chi connectivity index (χ0n) is 23.7. The maximum Gasteiger partial charge on any atom is 0.416 e. The van der Waals surface area contributed by atoms with Crippen LogP contribution in [-0.2, 0) is 15.8 Å². The Labute approximate surface area is 244 Å². The van der Waals surface area contributed by atoms with Gasteiger partial charge in [0.1, 0.15) is 6.04 Å². The van der Waals surface area contributed by atoms with Crippen LogP contribution in [0.25, 0.3) is 6.08 Å². The fourth-order valence-electron chi connectivity index (χ4n) is 5.27. The number of likely N-dealkylation sites (tertiary alicyclic amines) is 1. The van der Waals surface area contributed by atoms with E-state index >= 15 is 0 Å². The normalized spacial score (nSPS) is 16.6. The first-order valence-electron chi connectivity index (χ1n) is 14.0. The number of para-hydroxylation sites is 2. The molecule has 10 heteroatoms. The molecule has 7 nitrogen and oxygen atoms in total. The lowest BCUT2D eigenvalue weighted by Gasteiger charge is -2.30. The topological polar surface area (TPSA) is 90.7 Å². The molecular weight excluding hydrogens is 543 g/mol. The largest absolute Gasteiger partial charge is 0.416 e. The summed E-state index contributed by atoms with van der Waals surface area (Å²) >= 11 is 0. The minimum Gasteiger partial charge on any atom is -0.397 e. The number of benzene rings is 3. The van der Waals surface area contributed by atoms with Gasteiger partial charge in [0.15, 0.2) is 0 Å². The third kappa shape index (κ3) is 7.77. The van der Waals surface area contributed by atoms with Crippen molar-refractivity contribution >= 4 is 35.0 Å². The lowest BCUT2D eigenvalue weighted by molar-refractivity contribution is -0.137. The zero-order chi connectivity index (χ0) is 30.3. The van der Waals surface area contributed by atoms with E-state index in [4.69, 9.17) is 5.73 Å². The maximum atomic E-state index is 13.6. The van der Waals surface area contributed by atoms with Gasteiger partial charge in [0.2, 0.25) is 11.8 Å². The molecule has 0 saturated carbocycles. The molecule has 42 heavy (non-hydrogen) atoms. The molecular formula is C32H36F3N5O2. The molecule has 0 spiro atoms. The number of amides is 2. The van der Waals surface area contributed by atoms with Crippen LogP contribution in [0, 0.1) is 0 Å². The van der Waals surface area contributed by atoms with Crippen LogP contribution in [0.5, 0.6) is 0 Å². The summed E-state index contributed by atoms with van der Waals surface area (Å²) in [5, 5.41) is 5.55. The summed E-state index contributed by atoms with van der Waals surface area (Å²) in [6, 6.07) is 18.4.